The number of methoxy groups -OCH3 is 1. The Bertz CT molecular complexity index is 1310. The highest BCUT2D eigenvalue weighted by Gasteiger charge is 2.43. The first-order valence-electron chi connectivity index (χ1n) is 11.6. The summed E-state index contributed by atoms with van der Waals surface area (Å²) in [6, 6.07) is 7.37. The highest BCUT2D eigenvalue weighted by Crippen LogP contribution is 2.39. The normalized spacial score (nSPS) is 20.7. The van der Waals surface area contributed by atoms with Gasteiger partial charge in [-0.3, -0.25) is 15.6 Å². The number of amides is 1. The number of piperidine rings is 1. The zero-order valence-corrected chi connectivity index (χ0v) is 20.9. The van der Waals surface area contributed by atoms with Crippen molar-refractivity contribution in [2.45, 2.75) is 19.5 Å². The second kappa shape index (κ2) is 10.0. The van der Waals surface area contributed by atoms with Crippen molar-refractivity contribution in [3.8, 4) is 11.9 Å². The van der Waals surface area contributed by atoms with Gasteiger partial charge >= 0.3 is 6.18 Å². The number of fused-ring (bicyclic) bond motifs is 1. The lowest BCUT2D eigenvalue weighted by Gasteiger charge is -2.42. The Morgan fingerprint density at radius 1 is 1.30 bits per heavy atom. The number of hydrogen-bond acceptors (Lipinski definition) is 7. The number of hydrogen-bond donors (Lipinski definition) is 2. The lowest BCUT2D eigenvalue weighted by Crippen LogP contribution is -2.58. The SMILES string of the molecule is COc1nc2ccc(Cl)cc2c(N2CCC(C(=O)N3CCN(C(=N)C(F)(F)F)C(=N)C3)C(C)C2)c1C#N. The van der Waals surface area contributed by atoms with Crippen LogP contribution < -0.4 is 9.64 Å². The molecule has 1 amide bonds. The quantitative estimate of drug-likeness (QED) is 0.454. The molecule has 0 saturated carbocycles. The van der Waals surface area contributed by atoms with Crippen molar-refractivity contribution in [3.05, 3.63) is 28.8 Å². The van der Waals surface area contributed by atoms with Crippen molar-refractivity contribution in [2.24, 2.45) is 11.8 Å². The van der Waals surface area contributed by atoms with Crippen LogP contribution in [-0.4, -0.2) is 78.4 Å². The predicted octanol–water partition coefficient (Wildman–Crippen LogP) is 3.89. The minimum atomic E-state index is -4.86. The molecule has 0 spiro atoms. The zero-order chi connectivity index (χ0) is 27.1. The Balaban J connectivity index is 1.53. The molecule has 2 N–H and O–H groups in total. The molecule has 2 unspecified atom stereocenters. The number of carbonyl (C=O) groups excluding carboxylic acids is 1. The first-order chi connectivity index (χ1) is 17.5. The van der Waals surface area contributed by atoms with Crippen molar-refractivity contribution >= 4 is 45.8 Å². The van der Waals surface area contributed by atoms with Crippen molar-refractivity contribution in [1.82, 2.24) is 14.8 Å². The Morgan fingerprint density at radius 3 is 2.62 bits per heavy atom. The van der Waals surface area contributed by atoms with E-state index in [-0.39, 0.29) is 42.9 Å². The number of carbonyl (C=O) groups is 1. The maximum Gasteiger partial charge on any atom is 0.449 e. The number of ether oxygens (including phenoxy) is 1. The van der Waals surface area contributed by atoms with E-state index in [1.165, 1.54) is 12.0 Å². The fourth-order valence-electron chi connectivity index (χ4n) is 5.01. The van der Waals surface area contributed by atoms with Crippen molar-refractivity contribution < 1.29 is 22.7 Å². The number of nitrogens with zero attached hydrogens (tertiary/aromatic N) is 5. The van der Waals surface area contributed by atoms with E-state index in [4.69, 9.17) is 27.2 Å². The molecule has 1 aromatic heterocycles. The van der Waals surface area contributed by atoms with E-state index in [2.05, 4.69) is 11.1 Å². The van der Waals surface area contributed by atoms with Crippen LogP contribution in [0.25, 0.3) is 10.9 Å². The summed E-state index contributed by atoms with van der Waals surface area (Å²) in [5.41, 5.74) is 1.51. The van der Waals surface area contributed by atoms with Gasteiger partial charge < -0.3 is 19.4 Å². The number of rotatable bonds is 3. The number of nitrogens with one attached hydrogen (secondary N) is 2. The highest BCUT2D eigenvalue weighted by atomic mass is 35.5. The number of nitriles is 1. The van der Waals surface area contributed by atoms with E-state index in [1.54, 1.807) is 18.2 Å². The fourth-order valence-corrected chi connectivity index (χ4v) is 5.18. The van der Waals surface area contributed by atoms with Crippen LogP contribution in [0, 0.1) is 34.0 Å². The van der Waals surface area contributed by atoms with Crippen molar-refractivity contribution in [2.75, 3.05) is 44.7 Å². The summed E-state index contributed by atoms with van der Waals surface area (Å²) in [6.07, 6.45) is -4.41. The topological polar surface area (TPSA) is 120 Å². The minimum absolute atomic E-state index is 0.00409. The van der Waals surface area contributed by atoms with Gasteiger partial charge in [-0.25, -0.2) is 4.98 Å². The van der Waals surface area contributed by atoms with Gasteiger partial charge in [0.05, 0.1) is 24.9 Å². The summed E-state index contributed by atoms with van der Waals surface area (Å²) in [7, 11) is 1.44. The van der Waals surface area contributed by atoms with Gasteiger partial charge in [0.15, 0.2) is 0 Å². The molecule has 2 saturated heterocycles. The Labute approximate surface area is 216 Å². The average molecular weight is 536 g/mol. The molecule has 0 bridgehead atoms. The Morgan fingerprint density at radius 2 is 2.03 bits per heavy atom. The summed E-state index contributed by atoms with van der Waals surface area (Å²) in [5.74, 6) is -2.61. The second-order valence-electron chi connectivity index (χ2n) is 9.14. The van der Waals surface area contributed by atoms with Crippen LogP contribution >= 0.6 is 11.6 Å². The van der Waals surface area contributed by atoms with Crippen LogP contribution in [0.2, 0.25) is 5.02 Å². The molecule has 2 aliphatic rings. The molecule has 4 rings (SSSR count). The van der Waals surface area contributed by atoms with Gasteiger partial charge in [-0.1, -0.05) is 18.5 Å². The third-order valence-electron chi connectivity index (χ3n) is 6.84. The van der Waals surface area contributed by atoms with E-state index in [0.717, 1.165) is 0 Å². The van der Waals surface area contributed by atoms with Crippen LogP contribution in [0.1, 0.15) is 18.9 Å². The molecule has 2 aliphatic heterocycles. The van der Waals surface area contributed by atoms with Gasteiger partial charge in [-0.2, -0.15) is 18.4 Å². The summed E-state index contributed by atoms with van der Waals surface area (Å²) in [6.45, 7) is 2.25. The summed E-state index contributed by atoms with van der Waals surface area (Å²) >= 11 is 6.24. The zero-order valence-electron chi connectivity index (χ0n) is 20.2. The maximum atomic E-state index is 13.3. The lowest BCUT2D eigenvalue weighted by atomic mass is 9.85. The molecule has 0 radical (unpaired) electrons. The van der Waals surface area contributed by atoms with Gasteiger partial charge in [0.25, 0.3) is 0 Å². The van der Waals surface area contributed by atoms with Crippen LogP contribution in [0.5, 0.6) is 5.88 Å². The first-order valence-corrected chi connectivity index (χ1v) is 12.0. The van der Waals surface area contributed by atoms with E-state index < -0.39 is 23.8 Å². The molecule has 13 heteroatoms. The van der Waals surface area contributed by atoms with Crippen LogP contribution in [0.3, 0.4) is 0 Å². The van der Waals surface area contributed by atoms with E-state index in [9.17, 15) is 23.2 Å². The fraction of sp³-hybridized carbons (Fsp3) is 0.458. The largest absolute Gasteiger partial charge is 0.480 e. The molecule has 37 heavy (non-hydrogen) atoms. The van der Waals surface area contributed by atoms with Crippen LogP contribution in [0.15, 0.2) is 18.2 Å². The van der Waals surface area contributed by atoms with Crippen LogP contribution in [-0.2, 0) is 4.79 Å². The number of pyridine rings is 1. The molecular formula is C24H25ClF3N7O2. The molecule has 196 valence electrons. The van der Waals surface area contributed by atoms with Gasteiger partial charge in [-0.15, -0.1) is 0 Å². The summed E-state index contributed by atoms with van der Waals surface area (Å²) in [4.78, 5) is 21.7. The monoisotopic (exact) mass is 535 g/mol. The van der Waals surface area contributed by atoms with E-state index in [1.807, 2.05) is 11.8 Å². The number of alkyl halides is 3. The standard InChI is InChI=1S/C24H25ClF3N7O2/c1-13-11-33(20-16-9-14(25)3-4-18(16)32-21(37-2)17(20)10-29)6-5-15(13)22(36)34-7-8-35(19(30)12-34)23(31)24(26,27)28/h3-4,9,13,15,30-31H,5-8,11-12H2,1-2H3. The van der Waals surface area contributed by atoms with Gasteiger partial charge in [0.1, 0.15) is 17.5 Å². The number of halogens is 4. The lowest BCUT2D eigenvalue weighted by molar-refractivity contribution is -0.137. The summed E-state index contributed by atoms with van der Waals surface area (Å²) < 4.78 is 44.1. The van der Waals surface area contributed by atoms with Gasteiger partial charge in [0, 0.05) is 42.5 Å². The average Bonchev–Trinajstić information content (AvgIpc) is 2.86. The number of benzene rings is 1. The number of anilines is 1. The number of amidine groups is 2. The smallest absolute Gasteiger partial charge is 0.449 e. The molecule has 2 aromatic rings. The number of aromatic nitrogens is 1. The van der Waals surface area contributed by atoms with Gasteiger partial charge in [0.2, 0.25) is 17.6 Å². The molecule has 2 atom stereocenters. The molecule has 3 heterocycles. The Kier molecular flexibility index (Phi) is 7.19. The second-order valence-corrected chi connectivity index (χ2v) is 9.58. The third-order valence-corrected chi connectivity index (χ3v) is 7.08. The first kappa shape index (κ1) is 26.5. The molecule has 9 nitrogen and oxygen atoms in total. The van der Waals surface area contributed by atoms with Gasteiger partial charge in [-0.05, 0) is 30.5 Å². The predicted molar refractivity (Wildman–Crippen MR) is 132 cm³/mol. The molecule has 0 aliphatic carbocycles. The number of piperazine rings is 1. The van der Waals surface area contributed by atoms with E-state index in [0.29, 0.717) is 46.0 Å². The van der Waals surface area contributed by atoms with Crippen LogP contribution in [0.4, 0.5) is 18.9 Å². The molecule has 2 fully saturated rings. The third kappa shape index (κ3) is 5.00. The summed E-state index contributed by atoms with van der Waals surface area (Å²) in [5, 5.41) is 26.4. The molecular weight excluding hydrogens is 511 g/mol. The van der Waals surface area contributed by atoms with Crippen molar-refractivity contribution in [3.63, 3.8) is 0 Å². The van der Waals surface area contributed by atoms with E-state index >= 15 is 0 Å². The minimum Gasteiger partial charge on any atom is -0.480 e. The molecule has 1 aromatic carbocycles. The maximum absolute atomic E-state index is 13.3. The Hall–Kier alpha value is -3.59. The highest BCUT2D eigenvalue weighted by molar-refractivity contribution is 6.31. The van der Waals surface area contributed by atoms with Crippen molar-refractivity contribution in [1.29, 1.82) is 16.1 Å².